The first-order chi connectivity index (χ1) is 5.77. The molecule has 0 unspecified atom stereocenters. The van der Waals surface area contributed by atoms with Crippen molar-refractivity contribution in [1.82, 2.24) is 0 Å². The van der Waals surface area contributed by atoms with Gasteiger partial charge in [-0.05, 0) is 6.42 Å². The normalized spacial score (nSPS) is 10.4. The number of quaternary nitrogens is 1. The van der Waals surface area contributed by atoms with Gasteiger partial charge in [-0.3, -0.25) is 0 Å². The molecule has 0 aliphatic heterocycles. The highest BCUT2D eigenvalue weighted by Gasteiger charge is 1.89. The molecule has 0 fully saturated rings. The Hall–Kier alpha value is -0.0951. The van der Waals surface area contributed by atoms with Crippen LogP contribution in [0.15, 0.2) is 0 Å². The maximum Gasteiger partial charge on any atom is 0.342 e. The van der Waals surface area contributed by atoms with Crippen molar-refractivity contribution in [2.45, 2.75) is 19.8 Å². The minimum atomic E-state index is -1.85. The second-order valence-corrected chi connectivity index (χ2v) is 4.21. The van der Waals surface area contributed by atoms with Gasteiger partial charge in [0.1, 0.15) is 0 Å². The van der Waals surface area contributed by atoms with E-state index in [2.05, 4.69) is 32.8 Å². The number of unbranched alkanes of at least 4 members (excludes halogenated alkanes) is 1. The molecule has 0 aromatic heterocycles. The molecule has 0 amide bonds. The van der Waals surface area contributed by atoms with Crippen molar-refractivity contribution in [3.05, 3.63) is 0 Å². The summed E-state index contributed by atoms with van der Waals surface area (Å²) in [7, 11) is 6.65. The Morgan fingerprint density at radius 1 is 1.31 bits per heavy atom. The van der Waals surface area contributed by atoms with Crippen molar-refractivity contribution in [3.63, 3.8) is 0 Å². The van der Waals surface area contributed by atoms with E-state index in [0.717, 1.165) is 17.3 Å². The Morgan fingerprint density at radius 2 is 1.69 bits per heavy atom. The van der Waals surface area contributed by atoms with E-state index in [-0.39, 0.29) is 0 Å². The average Bonchev–Trinajstić information content (AvgIpc) is 1.83. The largest absolute Gasteiger partial charge is 0.832 e. The van der Waals surface area contributed by atoms with Crippen LogP contribution in [0.2, 0.25) is 0 Å². The molecule has 0 radical (unpaired) electrons. The fraction of sp³-hybridized carbons (Fsp3) is 1.00. The lowest BCUT2D eigenvalue weighted by molar-refractivity contribution is -0.849. The monoisotopic (exact) mass is 191 g/mol. The van der Waals surface area contributed by atoms with Crippen molar-refractivity contribution in [1.29, 1.82) is 0 Å². The van der Waals surface area contributed by atoms with Gasteiger partial charge in [-0.15, -0.1) is 0 Å². The molecule has 0 saturated heterocycles. The van der Waals surface area contributed by atoms with Gasteiger partial charge in [0, 0.05) is 6.61 Å². The molecule has 0 aromatic rings. The third-order valence-corrected chi connectivity index (χ3v) is 0.758. The Bertz CT molecular complexity index is 98.1. The maximum absolute atomic E-state index is 9.74. The predicted molar refractivity (Wildman–Crippen MR) is 52.8 cm³/mol. The van der Waals surface area contributed by atoms with Crippen molar-refractivity contribution >= 4 is 7.32 Å². The first kappa shape index (κ1) is 15.4. The third-order valence-electron chi connectivity index (χ3n) is 0.758. The maximum atomic E-state index is 9.74. The first-order valence-corrected chi connectivity index (χ1v) is 4.51. The highest BCUT2D eigenvalue weighted by molar-refractivity contribution is 6.30. The van der Waals surface area contributed by atoms with E-state index in [0.29, 0.717) is 6.61 Å². The van der Waals surface area contributed by atoms with Crippen LogP contribution in [0.4, 0.5) is 0 Å². The van der Waals surface area contributed by atoms with E-state index >= 15 is 0 Å². The zero-order chi connectivity index (χ0) is 10.9. The Kier molecular flexibility index (Phi) is 10.1. The summed E-state index contributed by atoms with van der Waals surface area (Å²) in [5, 5.41) is 17.7. The van der Waals surface area contributed by atoms with Crippen LogP contribution in [0.1, 0.15) is 19.8 Å². The second kappa shape index (κ2) is 8.50. The average molecular weight is 191 g/mol. The van der Waals surface area contributed by atoms with Crippen molar-refractivity contribution in [3.8, 4) is 0 Å². The van der Waals surface area contributed by atoms with Crippen LogP contribution >= 0.6 is 0 Å². The SMILES string of the molecule is CCCCOB([O-])O.C[N+](C)(C)C. The molecule has 0 atom stereocenters. The summed E-state index contributed by atoms with van der Waals surface area (Å²) in [6.45, 7) is 2.35. The number of hydrogen-bond acceptors (Lipinski definition) is 3. The topological polar surface area (TPSA) is 52.5 Å². The van der Waals surface area contributed by atoms with E-state index < -0.39 is 7.32 Å². The van der Waals surface area contributed by atoms with Crippen molar-refractivity contribution in [2.24, 2.45) is 0 Å². The predicted octanol–water partition coefficient (Wildman–Crippen LogP) is -0.537. The summed E-state index contributed by atoms with van der Waals surface area (Å²) in [5.74, 6) is 0. The third kappa shape index (κ3) is 48.5. The van der Waals surface area contributed by atoms with Crippen LogP contribution in [0.5, 0.6) is 0 Å². The Labute approximate surface area is 81.9 Å². The summed E-state index contributed by atoms with van der Waals surface area (Å²) < 4.78 is 5.28. The standard InChI is InChI=1S/C4H10BO3.C4H12N/c1-2-3-4-8-5(6)7;1-5(2,3)4/h6H,2-4H2,1H3;1-4H3/q-1;+1. The smallest absolute Gasteiger partial charge is 0.342 e. The summed E-state index contributed by atoms with van der Waals surface area (Å²) in [6.07, 6.45) is 1.81. The molecule has 5 heteroatoms. The molecule has 0 spiro atoms. The molecule has 0 bridgehead atoms. The number of nitrogens with zero attached hydrogens (tertiary/aromatic N) is 1. The minimum absolute atomic E-state index is 0.362. The summed E-state index contributed by atoms with van der Waals surface area (Å²) in [4.78, 5) is 0. The highest BCUT2D eigenvalue weighted by Crippen LogP contribution is 1.85. The zero-order valence-electron chi connectivity index (χ0n) is 9.41. The summed E-state index contributed by atoms with van der Waals surface area (Å²) in [6, 6.07) is 0. The van der Waals surface area contributed by atoms with Crippen LogP contribution in [-0.4, -0.2) is 51.6 Å². The molecule has 4 nitrogen and oxygen atoms in total. The molecular weight excluding hydrogens is 169 g/mol. The molecule has 0 aliphatic rings. The van der Waals surface area contributed by atoms with E-state index in [1.54, 1.807) is 0 Å². The molecule has 0 aromatic carbocycles. The second-order valence-electron chi connectivity index (χ2n) is 4.21. The lowest BCUT2D eigenvalue weighted by Gasteiger charge is -2.14. The van der Waals surface area contributed by atoms with Gasteiger partial charge in [-0.25, -0.2) is 0 Å². The molecule has 0 rings (SSSR count). The minimum Gasteiger partial charge on any atom is -0.832 e. The van der Waals surface area contributed by atoms with Gasteiger partial charge in [-0.1, -0.05) is 13.3 Å². The Balaban J connectivity index is 0. The van der Waals surface area contributed by atoms with Crippen LogP contribution in [0.3, 0.4) is 0 Å². The van der Waals surface area contributed by atoms with E-state index in [1.165, 1.54) is 0 Å². The van der Waals surface area contributed by atoms with E-state index in [1.807, 2.05) is 6.92 Å². The summed E-state index contributed by atoms with van der Waals surface area (Å²) in [5.41, 5.74) is 0. The zero-order valence-corrected chi connectivity index (χ0v) is 9.41. The lowest BCUT2D eigenvalue weighted by Crippen LogP contribution is -2.34. The van der Waals surface area contributed by atoms with Gasteiger partial charge in [0.2, 0.25) is 0 Å². The van der Waals surface area contributed by atoms with Gasteiger partial charge in [0.05, 0.1) is 28.2 Å². The molecular formula is C8H22BNO3. The van der Waals surface area contributed by atoms with Crippen molar-refractivity contribution < 1.29 is 19.2 Å². The van der Waals surface area contributed by atoms with Gasteiger partial charge < -0.3 is 19.2 Å². The first-order valence-electron chi connectivity index (χ1n) is 4.51. The van der Waals surface area contributed by atoms with Crippen LogP contribution in [0.25, 0.3) is 0 Å². The van der Waals surface area contributed by atoms with Crippen LogP contribution < -0.4 is 5.02 Å². The number of hydrogen-bond donors (Lipinski definition) is 1. The summed E-state index contributed by atoms with van der Waals surface area (Å²) >= 11 is 0. The molecule has 0 saturated carbocycles. The fourth-order valence-electron chi connectivity index (χ4n) is 0.328. The number of rotatable bonds is 4. The van der Waals surface area contributed by atoms with E-state index in [9.17, 15) is 5.02 Å². The lowest BCUT2D eigenvalue weighted by atomic mass is 10.2. The van der Waals surface area contributed by atoms with Gasteiger partial charge in [-0.2, -0.15) is 0 Å². The molecule has 0 aliphatic carbocycles. The molecule has 80 valence electrons. The van der Waals surface area contributed by atoms with Crippen LogP contribution in [-0.2, 0) is 4.65 Å². The van der Waals surface area contributed by atoms with E-state index in [4.69, 9.17) is 5.02 Å². The van der Waals surface area contributed by atoms with Gasteiger partial charge in [0.15, 0.2) is 0 Å². The van der Waals surface area contributed by atoms with Crippen LogP contribution in [0, 0.1) is 0 Å². The fourth-order valence-corrected chi connectivity index (χ4v) is 0.328. The molecule has 1 N–H and O–H groups in total. The van der Waals surface area contributed by atoms with Gasteiger partial charge in [0.25, 0.3) is 0 Å². The highest BCUT2D eigenvalue weighted by atomic mass is 16.6. The quantitative estimate of drug-likeness (QED) is 0.369. The Morgan fingerprint density at radius 3 is 1.92 bits per heavy atom. The van der Waals surface area contributed by atoms with Gasteiger partial charge >= 0.3 is 7.32 Å². The molecule has 0 heterocycles. The molecule has 13 heavy (non-hydrogen) atoms. The van der Waals surface area contributed by atoms with Crippen molar-refractivity contribution in [2.75, 3.05) is 34.8 Å².